The molecule has 7 nitrogen and oxygen atoms in total. The Morgan fingerprint density at radius 3 is 2.47 bits per heavy atom. The maximum Gasteiger partial charge on any atom is 0.416 e. The predicted molar refractivity (Wildman–Crippen MR) is 131 cm³/mol. The molecular formula is C26H34F3N5O2. The molecule has 2 aromatic rings. The number of likely N-dealkylation sites (tertiary alicyclic amines) is 1. The van der Waals surface area contributed by atoms with Crippen LogP contribution >= 0.6 is 0 Å². The van der Waals surface area contributed by atoms with Crippen LogP contribution in [0.2, 0.25) is 0 Å². The van der Waals surface area contributed by atoms with Crippen molar-refractivity contribution in [3.63, 3.8) is 0 Å². The highest BCUT2D eigenvalue weighted by Crippen LogP contribution is 2.34. The number of rotatable bonds is 9. The number of aromatic nitrogens is 2. The Balaban J connectivity index is 1.19. The lowest BCUT2D eigenvalue weighted by molar-refractivity contribution is -0.137. The number of Topliss-reactive ketones (excluding diaryl/α,β-unsaturated/α-hetero) is 1. The number of carbonyl (C=O) groups excluding carboxylic acids is 2. The van der Waals surface area contributed by atoms with Crippen molar-refractivity contribution in [1.82, 2.24) is 20.2 Å². The summed E-state index contributed by atoms with van der Waals surface area (Å²) in [5.74, 6) is 1.22. The fourth-order valence-electron chi connectivity index (χ4n) is 5.15. The minimum absolute atomic E-state index is 0.0137. The molecule has 1 aliphatic heterocycles. The topological polar surface area (TPSA) is 87.2 Å². The summed E-state index contributed by atoms with van der Waals surface area (Å²) in [4.78, 5) is 34.8. The van der Waals surface area contributed by atoms with Crippen LogP contribution in [0.5, 0.6) is 0 Å². The summed E-state index contributed by atoms with van der Waals surface area (Å²) < 4.78 is 39.3. The summed E-state index contributed by atoms with van der Waals surface area (Å²) in [6.45, 7) is 6.38. The minimum Gasteiger partial charge on any atom is -0.362 e. The molecule has 1 aliphatic carbocycles. The van der Waals surface area contributed by atoms with Crippen molar-refractivity contribution >= 4 is 28.4 Å². The molecule has 10 heteroatoms. The van der Waals surface area contributed by atoms with Crippen molar-refractivity contribution in [1.29, 1.82) is 0 Å². The maximum atomic E-state index is 13.1. The Morgan fingerprint density at radius 1 is 1.08 bits per heavy atom. The largest absolute Gasteiger partial charge is 0.416 e. The number of benzene rings is 1. The van der Waals surface area contributed by atoms with E-state index in [1.54, 1.807) is 0 Å². The zero-order chi connectivity index (χ0) is 25.9. The van der Waals surface area contributed by atoms with Crippen molar-refractivity contribution in [3.8, 4) is 0 Å². The van der Waals surface area contributed by atoms with Gasteiger partial charge in [0.2, 0.25) is 5.91 Å². The van der Waals surface area contributed by atoms with E-state index in [1.807, 2.05) is 13.8 Å². The maximum absolute atomic E-state index is 13.1. The molecule has 2 fully saturated rings. The van der Waals surface area contributed by atoms with Crippen molar-refractivity contribution in [2.75, 3.05) is 31.5 Å². The highest BCUT2D eigenvalue weighted by molar-refractivity contribution is 5.91. The van der Waals surface area contributed by atoms with Gasteiger partial charge in [0.1, 0.15) is 12.1 Å². The molecular weight excluding hydrogens is 471 g/mol. The molecule has 1 saturated heterocycles. The summed E-state index contributed by atoms with van der Waals surface area (Å²) in [5.41, 5.74) is -0.386. The van der Waals surface area contributed by atoms with E-state index in [4.69, 9.17) is 0 Å². The van der Waals surface area contributed by atoms with E-state index in [9.17, 15) is 22.8 Å². The van der Waals surface area contributed by atoms with Gasteiger partial charge in [0.05, 0.1) is 17.6 Å². The van der Waals surface area contributed by atoms with Gasteiger partial charge >= 0.3 is 6.18 Å². The van der Waals surface area contributed by atoms with Crippen molar-refractivity contribution in [2.24, 2.45) is 17.8 Å². The number of carbonyl (C=O) groups is 2. The third kappa shape index (κ3) is 6.52. The molecule has 1 saturated carbocycles. The molecule has 0 spiro atoms. The lowest BCUT2D eigenvalue weighted by atomic mass is 9.82. The van der Waals surface area contributed by atoms with Crippen molar-refractivity contribution in [2.45, 2.75) is 58.2 Å². The number of nitrogens with zero attached hydrogens (tertiary/aromatic N) is 3. The van der Waals surface area contributed by atoms with Crippen LogP contribution in [0, 0.1) is 17.8 Å². The van der Waals surface area contributed by atoms with Gasteiger partial charge in [-0.25, -0.2) is 9.97 Å². The van der Waals surface area contributed by atoms with Crippen LogP contribution in [0.1, 0.15) is 51.5 Å². The Kier molecular flexibility index (Phi) is 8.12. The van der Waals surface area contributed by atoms with Gasteiger partial charge in [-0.3, -0.25) is 14.5 Å². The number of amides is 1. The first-order valence-electron chi connectivity index (χ1n) is 12.7. The van der Waals surface area contributed by atoms with Gasteiger partial charge in [-0.1, -0.05) is 13.8 Å². The van der Waals surface area contributed by atoms with Crippen LogP contribution in [0.15, 0.2) is 24.5 Å². The Bertz CT molecular complexity index is 1080. The van der Waals surface area contributed by atoms with Gasteiger partial charge in [0.25, 0.3) is 0 Å². The summed E-state index contributed by atoms with van der Waals surface area (Å²) >= 11 is 0. The minimum atomic E-state index is -4.46. The van der Waals surface area contributed by atoms with Crippen LogP contribution in [0.4, 0.5) is 19.0 Å². The normalized spacial score (nSPS) is 21.4. The summed E-state index contributed by atoms with van der Waals surface area (Å²) in [5, 5.41) is 6.20. The Morgan fingerprint density at radius 2 is 1.81 bits per heavy atom. The third-order valence-corrected chi connectivity index (χ3v) is 7.34. The van der Waals surface area contributed by atoms with Gasteiger partial charge in [-0.05, 0) is 55.7 Å². The van der Waals surface area contributed by atoms with E-state index in [-0.39, 0.29) is 35.4 Å². The molecule has 196 valence electrons. The number of hydrogen-bond donors (Lipinski definition) is 2. The second kappa shape index (κ2) is 11.1. The quantitative estimate of drug-likeness (QED) is 0.529. The average molecular weight is 506 g/mol. The molecule has 2 N–H and O–H groups in total. The predicted octanol–water partition coefficient (Wildman–Crippen LogP) is 4.28. The summed E-state index contributed by atoms with van der Waals surface area (Å²) in [6, 6.07) is 3.86. The number of nitrogens with one attached hydrogen (secondary N) is 2. The third-order valence-electron chi connectivity index (χ3n) is 7.34. The van der Waals surface area contributed by atoms with Gasteiger partial charge in [0.15, 0.2) is 5.78 Å². The Labute approximate surface area is 209 Å². The van der Waals surface area contributed by atoms with Gasteiger partial charge in [0, 0.05) is 43.4 Å². The van der Waals surface area contributed by atoms with Crippen molar-refractivity contribution < 1.29 is 22.8 Å². The van der Waals surface area contributed by atoms with Crippen LogP contribution < -0.4 is 10.6 Å². The van der Waals surface area contributed by atoms with Gasteiger partial charge < -0.3 is 10.6 Å². The van der Waals surface area contributed by atoms with E-state index < -0.39 is 11.7 Å². The lowest BCUT2D eigenvalue weighted by Crippen LogP contribution is -2.53. The number of halogens is 3. The number of anilines is 1. The van der Waals surface area contributed by atoms with Crippen LogP contribution in [0.3, 0.4) is 0 Å². The fourth-order valence-corrected chi connectivity index (χ4v) is 5.15. The highest BCUT2D eigenvalue weighted by Gasteiger charge is 2.35. The first kappa shape index (κ1) is 26.3. The van der Waals surface area contributed by atoms with Gasteiger partial charge in [-0.15, -0.1) is 0 Å². The Hall–Kier alpha value is -2.75. The molecule has 1 aromatic heterocycles. The number of fused-ring (bicyclic) bond motifs is 1. The molecule has 36 heavy (non-hydrogen) atoms. The van der Waals surface area contributed by atoms with Crippen LogP contribution in [-0.2, 0) is 15.8 Å². The van der Waals surface area contributed by atoms with E-state index in [2.05, 4.69) is 25.5 Å². The summed E-state index contributed by atoms with van der Waals surface area (Å²) in [6.07, 6.45) is 1.70. The fraction of sp³-hybridized carbons (Fsp3) is 0.615. The molecule has 4 rings (SSSR count). The van der Waals surface area contributed by atoms with Crippen LogP contribution in [0.25, 0.3) is 10.9 Å². The lowest BCUT2D eigenvalue weighted by Gasteiger charge is -2.46. The number of alkyl halides is 3. The van der Waals surface area contributed by atoms with E-state index in [0.29, 0.717) is 29.8 Å². The zero-order valence-corrected chi connectivity index (χ0v) is 20.8. The molecule has 2 aliphatic rings. The van der Waals surface area contributed by atoms with E-state index >= 15 is 0 Å². The van der Waals surface area contributed by atoms with E-state index in [1.165, 1.54) is 12.4 Å². The number of ketones is 1. The van der Waals surface area contributed by atoms with Gasteiger partial charge in [-0.2, -0.15) is 13.2 Å². The molecule has 1 amide bonds. The summed E-state index contributed by atoms with van der Waals surface area (Å²) in [7, 11) is 0. The smallest absolute Gasteiger partial charge is 0.362 e. The van der Waals surface area contributed by atoms with Crippen LogP contribution in [-0.4, -0.2) is 58.8 Å². The van der Waals surface area contributed by atoms with Crippen molar-refractivity contribution in [3.05, 3.63) is 30.1 Å². The standard InChI is InChI=1S/C26H34F3N5O2/c1-16(2)25(36)31-11-17-3-6-20(7-4-17)34-13-18(14-34)9-21(35)12-30-24-22-10-19(26(27,28)29)5-8-23(22)32-15-33-24/h5,8,10,15-18,20H,3-4,6-7,9,11-14H2,1-2H3,(H,31,36)(H,30,32,33). The monoisotopic (exact) mass is 505 g/mol. The second-order valence-electron chi connectivity index (χ2n) is 10.4. The molecule has 0 unspecified atom stereocenters. The second-order valence-corrected chi connectivity index (χ2v) is 10.4. The first-order valence-corrected chi connectivity index (χ1v) is 12.7. The SMILES string of the molecule is CC(C)C(=O)NCC1CCC(N2CC(CC(=O)CNc3ncnc4ccc(C(F)(F)F)cc34)C2)CC1. The van der Waals surface area contributed by atoms with E-state index in [0.717, 1.165) is 57.5 Å². The molecule has 0 radical (unpaired) electrons. The molecule has 2 heterocycles. The zero-order valence-electron chi connectivity index (χ0n) is 20.8. The molecule has 0 bridgehead atoms. The average Bonchev–Trinajstić information content (AvgIpc) is 2.82. The molecule has 1 aromatic carbocycles. The highest BCUT2D eigenvalue weighted by atomic mass is 19.4. The number of hydrogen-bond acceptors (Lipinski definition) is 6. The molecule has 0 atom stereocenters. The first-order chi connectivity index (χ1) is 17.1.